The summed E-state index contributed by atoms with van der Waals surface area (Å²) >= 11 is 0. The number of hydrogen-bond acceptors (Lipinski definition) is 8. The molecule has 9 heteroatoms. The minimum atomic E-state index is -1.57. The molecule has 9 nitrogen and oxygen atoms in total. The lowest BCUT2D eigenvalue weighted by Crippen LogP contribution is -2.60. The lowest BCUT2D eigenvalue weighted by molar-refractivity contribution is -0.302. The first-order valence-corrected chi connectivity index (χ1v) is 21.9. The maximum Gasteiger partial charge on any atom is 0.220 e. The van der Waals surface area contributed by atoms with Crippen molar-refractivity contribution in [3.05, 3.63) is 48.6 Å². The highest BCUT2D eigenvalue weighted by atomic mass is 16.7. The Balaban J connectivity index is 2.42. The summed E-state index contributed by atoms with van der Waals surface area (Å²) < 4.78 is 11.2. The average Bonchev–Trinajstić information content (AvgIpc) is 3.17. The molecule has 314 valence electrons. The van der Waals surface area contributed by atoms with Crippen LogP contribution in [0.4, 0.5) is 0 Å². The van der Waals surface area contributed by atoms with E-state index in [1.54, 1.807) is 6.08 Å². The summed E-state index contributed by atoms with van der Waals surface area (Å²) in [6.07, 6.45) is 37.2. The summed E-state index contributed by atoms with van der Waals surface area (Å²) in [7, 11) is 0. The number of allylic oxidation sites excluding steroid dienone is 7. The monoisotopic (exact) mass is 764 g/mol. The van der Waals surface area contributed by atoms with Gasteiger partial charge in [0.2, 0.25) is 5.91 Å². The van der Waals surface area contributed by atoms with Crippen LogP contribution in [0.25, 0.3) is 0 Å². The lowest BCUT2D eigenvalue weighted by atomic mass is 9.99. The van der Waals surface area contributed by atoms with Crippen LogP contribution < -0.4 is 5.32 Å². The molecule has 0 aromatic carbocycles. The van der Waals surface area contributed by atoms with E-state index in [2.05, 4.69) is 55.6 Å². The minimum Gasteiger partial charge on any atom is -0.394 e. The zero-order valence-electron chi connectivity index (χ0n) is 34.2. The molecule has 1 saturated heterocycles. The second kappa shape index (κ2) is 35.6. The molecule has 1 rings (SSSR count). The van der Waals surface area contributed by atoms with Gasteiger partial charge in [-0.05, 0) is 70.6 Å². The first-order chi connectivity index (χ1) is 26.3. The topological polar surface area (TPSA) is 149 Å². The summed E-state index contributed by atoms with van der Waals surface area (Å²) in [5.74, 6) is -0.199. The molecular weight excluding hydrogens is 682 g/mol. The van der Waals surface area contributed by atoms with Crippen LogP contribution in [0.15, 0.2) is 48.6 Å². The van der Waals surface area contributed by atoms with Crippen molar-refractivity contribution in [2.45, 2.75) is 217 Å². The normalized spacial score (nSPS) is 21.9. The van der Waals surface area contributed by atoms with Gasteiger partial charge in [-0.15, -0.1) is 0 Å². The Morgan fingerprint density at radius 3 is 1.57 bits per heavy atom. The van der Waals surface area contributed by atoms with Crippen molar-refractivity contribution in [2.75, 3.05) is 13.2 Å². The molecule has 0 spiro atoms. The summed E-state index contributed by atoms with van der Waals surface area (Å²) in [6, 6.07) is -0.828. The van der Waals surface area contributed by atoms with Crippen LogP contribution in [-0.2, 0) is 14.3 Å². The number of ether oxygens (including phenoxy) is 2. The molecular formula is C45H81NO8. The smallest absolute Gasteiger partial charge is 0.220 e. The Morgan fingerprint density at radius 2 is 1.06 bits per heavy atom. The van der Waals surface area contributed by atoms with E-state index in [1.165, 1.54) is 89.9 Å². The number of hydrogen-bond donors (Lipinski definition) is 6. The van der Waals surface area contributed by atoms with Crippen molar-refractivity contribution < 1.29 is 39.8 Å². The Hall–Kier alpha value is -1.85. The van der Waals surface area contributed by atoms with E-state index in [-0.39, 0.29) is 12.5 Å². The van der Waals surface area contributed by atoms with Gasteiger partial charge < -0.3 is 40.3 Å². The highest BCUT2D eigenvalue weighted by molar-refractivity contribution is 5.76. The van der Waals surface area contributed by atoms with Crippen molar-refractivity contribution >= 4 is 5.91 Å². The van der Waals surface area contributed by atoms with E-state index in [4.69, 9.17) is 9.47 Å². The Kier molecular flexibility index (Phi) is 33.0. The fraction of sp³-hybridized carbons (Fsp3) is 0.800. The third-order valence-electron chi connectivity index (χ3n) is 10.1. The third kappa shape index (κ3) is 26.1. The third-order valence-corrected chi connectivity index (χ3v) is 10.1. The van der Waals surface area contributed by atoms with Crippen molar-refractivity contribution in [1.82, 2.24) is 5.32 Å². The first kappa shape index (κ1) is 50.2. The number of aliphatic hydroxyl groups excluding tert-OH is 5. The molecule has 0 aliphatic carbocycles. The van der Waals surface area contributed by atoms with Crippen LogP contribution in [-0.4, -0.2) is 87.5 Å². The molecule has 1 fully saturated rings. The van der Waals surface area contributed by atoms with E-state index in [0.29, 0.717) is 6.42 Å². The van der Waals surface area contributed by atoms with Gasteiger partial charge in [-0.3, -0.25) is 4.79 Å². The number of carbonyl (C=O) groups excluding carboxylic acids is 1. The molecule has 7 unspecified atom stereocenters. The van der Waals surface area contributed by atoms with E-state index >= 15 is 0 Å². The van der Waals surface area contributed by atoms with Gasteiger partial charge >= 0.3 is 0 Å². The van der Waals surface area contributed by atoms with Crippen molar-refractivity contribution in [2.24, 2.45) is 0 Å². The second-order valence-electron chi connectivity index (χ2n) is 15.1. The van der Waals surface area contributed by atoms with Crippen molar-refractivity contribution in [3.8, 4) is 0 Å². The van der Waals surface area contributed by atoms with Crippen molar-refractivity contribution in [1.29, 1.82) is 0 Å². The summed E-state index contributed by atoms with van der Waals surface area (Å²) in [4.78, 5) is 12.9. The highest BCUT2D eigenvalue weighted by Gasteiger charge is 2.44. The Labute approximate surface area is 329 Å². The lowest BCUT2D eigenvalue weighted by Gasteiger charge is -2.40. The molecule has 6 N–H and O–H groups in total. The maximum atomic E-state index is 12.9. The average molecular weight is 764 g/mol. The van der Waals surface area contributed by atoms with E-state index < -0.39 is 49.5 Å². The van der Waals surface area contributed by atoms with Gasteiger partial charge in [-0.2, -0.15) is 0 Å². The highest BCUT2D eigenvalue weighted by Crippen LogP contribution is 2.22. The predicted octanol–water partition coefficient (Wildman–Crippen LogP) is 8.67. The summed E-state index contributed by atoms with van der Waals surface area (Å²) in [5, 5.41) is 54.0. The van der Waals surface area contributed by atoms with Gasteiger partial charge in [-0.1, -0.05) is 146 Å². The second-order valence-corrected chi connectivity index (χ2v) is 15.1. The number of amides is 1. The molecule has 0 bridgehead atoms. The van der Waals surface area contributed by atoms with Crippen LogP contribution in [0, 0.1) is 0 Å². The molecule has 1 aliphatic rings. The fourth-order valence-electron chi connectivity index (χ4n) is 6.53. The SMILES string of the molecule is CCCCCC/C=C/CC/C=C/CC/C=C/C(O)C(COC1OC(CO)C(O)C(O)C1O)NC(=O)CCCCCCCCC/C=C\CCCCCCCC. The van der Waals surface area contributed by atoms with Gasteiger partial charge in [0.1, 0.15) is 24.4 Å². The van der Waals surface area contributed by atoms with Gasteiger partial charge in [0.25, 0.3) is 0 Å². The van der Waals surface area contributed by atoms with Gasteiger partial charge in [0.15, 0.2) is 6.29 Å². The van der Waals surface area contributed by atoms with Gasteiger partial charge in [0.05, 0.1) is 25.4 Å². The Morgan fingerprint density at radius 1 is 0.611 bits per heavy atom. The molecule has 1 amide bonds. The predicted molar refractivity (Wildman–Crippen MR) is 221 cm³/mol. The van der Waals surface area contributed by atoms with E-state index in [9.17, 15) is 30.3 Å². The molecule has 7 atom stereocenters. The molecule has 0 saturated carbocycles. The summed E-state index contributed by atoms with van der Waals surface area (Å²) in [6.45, 7) is 3.70. The maximum absolute atomic E-state index is 12.9. The summed E-state index contributed by atoms with van der Waals surface area (Å²) in [5.41, 5.74) is 0. The zero-order chi connectivity index (χ0) is 39.5. The molecule has 0 aromatic heterocycles. The molecule has 54 heavy (non-hydrogen) atoms. The standard InChI is InChI=1S/C45H81NO8/c1-3-5-7-9-11-13-15-17-19-20-21-23-25-27-29-31-33-35-41(49)46-38(37-53-45-44(52)43(51)42(50)40(36-47)54-45)39(48)34-32-30-28-26-24-22-18-16-14-12-10-8-6-4-2/h14,16-17,19,24,26,32,34,38-40,42-45,47-48,50-52H,3-13,15,18,20-23,25,27-31,33,35-37H2,1-2H3,(H,46,49)/b16-14+,19-17-,26-24+,34-32+. The number of nitrogens with one attached hydrogen (secondary N) is 1. The Bertz CT molecular complexity index is 983. The quantitative estimate of drug-likeness (QED) is 0.0278. The van der Waals surface area contributed by atoms with E-state index in [0.717, 1.165) is 64.2 Å². The zero-order valence-corrected chi connectivity index (χ0v) is 34.2. The number of aliphatic hydroxyl groups is 5. The molecule has 1 aliphatic heterocycles. The number of unbranched alkanes of at least 4 members (excludes halogenated alkanes) is 19. The van der Waals surface area contributed by atoms with Gasteiger partial charge in [0, 0.05) is 6.42 Å². The van der Waals surface area contributed by atoms with Crippen LogP contribution in [0.5, 0.6) is 0 Å². The number of carbonyl (C=O) groups is 1. The fourth-order valence-corrected chi connectivity index (χ4v) is 6.53. The van der Waals surface area contributed by atoms with Crippen LogP contribution in [0.3, 0.4) is 0 Å². The van der Waals surface area contributed by atoms with Crippen LogP contribution in [0.2, 0.25) is 0 Å². The molecule has 0 aromatic rings. The van der Waals surface area contributed by atoms with Gasteiger partial charge in [-0.25, -0.2) is 0 Å². The largest absolute Gasteiger partial charge is 0.394 e. The molecule has 0 radical (unpaired) electrons. The van der Waals surface area contributed by atoms with Crippen molar-refractivity contribution in [3.63, 3.8) is 0 Å². The van der Waals surface area contributed by atoms with Crippen LogP contribution in [0.1, 0.15) is 174 Å². The minimum absolute atomic E-state index is 0.199. The number of rotatable bonds is 35. The van der Waals surface area contributed by atoms with E-state index in [1.807, 2.05) is 6.08 Å². The molecule has 1 heterocycles. The van der Waals surface area contributed by atoms with Crippen LogP contribution >= 0.6 is 0 Å². The first-order valence-electron chi connectivity index (χ1n) is 21.9.